The number of amides is 1. The van der Waals surface area contributed by atoms with Crippen LogP contribution < -0.4 is 4.74 Å². The third kappa shape index (κ3) is 4.02. The summed E-state index contributed by atoms with van der Waals surface area (Å²) in [6, 6.07) is 10.9. The molecule has 7 nitrogen and oxygen atoms in total. The molecule has 1 amide bonds. The second-order valence-electron chi connectivity index (χ2n) is 7.14. The van der Waals surface area contributed by atoms with E-state index in [1.807, 2.05) is 19.1 Å². The van der Waals surface area contributed by atoms with E-state index in [2.05, 4.69) is 0 Å². The Hall–Kier alpha value is -3.32. The average Bonchev–Trinajstić information content (AvgIpc) is 2.99. The van der Waals surface area contributed by atoms with Crippen molar-refractivity contribution in [2.45, 2.75) is 19.4 Å². The Morgan fingerprint density at radius 1 is 1.10 bits per heavy atom. The molecule has 2 N–H and O–H groups in total. The van der Waals surface area contributed by atoms with Crippen molar-refractivity contribution in [3.05, 3.63) is 64.7 Å². The van der Waals surface area contributed by atoms with E-state index in [1.54, 1.807) is 31.4 Å². The minimum atomic E-state index is -0.808. The van der Waals surface area contributed by atoms with Crippen molar-refractivity contribution in [3.63, 3.8) is 0 Å². The quantitative estimate of drug-likeness (QED) is 0.314. The number of Topliss-reactive ketones (excluding diaryl/α,β-unsaturated/α-hetero) is 1. The highest BCUT2D eigenvalue weighted by Crippen LogP contribution is 2.41. The molecule has 0 saturated carbocycles. The van der Waals surface area contributed by atoms with Crippen LogP contribution in [0.25, 0.3) is 5.76 Å². The molecule has 0 aliphatic carbocycles. The summed E-state index contributed by atoms with van der Waals surface area (Å²) in [6.07, 6.45) is 0.528. The second kappa shape index (κ2) is 9.00. The maximum Gasteiger partial charge on any atom is 0.295 e. The van der Waals surface area contributed by atoms with Gasteiger partial charge in [0.1, 0.15) is 5.76 Å². The fraction of sp³-hybridized carbons (Fsp3) is 0.304. The molecule has 1 saturated heterocycles. The van der Waals surface area contributed by atoms with Crippen LogP contribution in [0.4, 0.5) is 0 Å². The maximum absolute atomic E-state index is 12.9. The van der Waals surface area contributed by atoms with Gasteiger partial charge in [-0.2, -0.15) is 0 Å². The van der Waals surface area contributed by atoms with Gasteiger partial charge in [-0.3, -0.25) is 9.59 Å². The first-order chi connectivity index (χ1) is 14.4. The minimum Gasteiger partial charge on any atom is -0.507 e. The lowest BCUT2D eigenvalue weighted by molar-refractivity contribution is -0.140. The number of carbonyl (C=O) groups excluding carboxylic acids is 2. The molecule has 1 aliphatic rings. The van der Waals surface area contributed by atoms with Crippen molar-refractivity contribution in [2.75, 3.05) is 27.4 Å². The van der Waals surface area contributed by atoms with E-state index in [1.165, 1.54) is 18.1 Å². The predicted molar refractivity (Wildman–Crippen MR) is 111 cm³/mol. The molecule has 2 aromatic rings. The van der Waals surface area contributed by atoms with Crippen LogP contribution in [0.2, 0.25) is 0 Å². The molecule has 7 heteroatoms. The number of phenols is 1. The zero-order chi connectivity index (χ0) is 21.8. The van der Waals surface area contributed by atoms with Crippen LogP contribution in [-0.2, 0) is 14.3 Å². The van der Waals surface area contributed by atoms with Crippen LogP contribution in [0, 0.1) is 6.92 Å². The van der Waals surface area contributed by atoms with Gasteiger partial charge in [0.05, 0.1) is 18.7 Å². The van der Waals surface area contributed by atoms with Crippen LogP contribution in [0.1, 0.15) is 29.2 Å². The van der Waals surface area contributed by atoms with Crippen molar-refractivity contribution in [3.8, 4) is 11.5 Å². The Bertz CT molecular complexity index is 980. The summed E-state index contributed by atoms with van der Waals surface area (Å²) >= 11 is 0. The van der Waals surface area contributed by atoms with Gasteiger partial charge in [0.15, 0.2) is 11.5 Å². The zero-order valence-electron chi connectivity index (χ0n) is 17.2. The molecule has 1 atom stereocenters. The molecule has 158 valence electrons. The summed E-state index contributed by atoms with van der Waals surface area (Å²) in [5.74, 6) is -1.51. The molecule has 0 aromatic heterocycles. The number of benzene rings is 2. The molecular weight excluding hydrogens is 386 g/mol. The smallest absolute Gasteiger partial charge is 0.295 e. The first kappa shape index (κ1) is 21.4. The molecule has 1 unspecified atom stereocenters. The highest BCUT2D eigenvalue weighted by molar-refractivity contribution is 6.46. The summed E-state index contributed by atoms with van der Waals surface area (Å²) < 4.78 is 10.3. The van der Waals surface area contributed by atoms with Crippen LogP contribution in [-0.4, -0.2) is 54.2 Å². The Balaban J connectivity index is 2.15. The standard InChI is InChI=1S/C23H25NO6/c1-14-5-7-15(8-6-14)21(26)19-20(16-9-10-17(25)18(13-16)30-3)24(11-4-12-29-2)23(28)22(19)27/h5-10,13,20,25-26H,4,11-12H2,1-3H3/b21-19+. The van der Waals surface area contributed by atoms with E-state index < -0.39 is 17.7 Å². The number of aryl methyl sites for hydroxylation is 1. The number of carbonyl (C=O) groups is 2. The molecule has 2 aromatic carbocycles. The highest BCUT2D eigenvalue weighted by Gasteiger charge is 2.46. The van der Waals surface area contributed by atoms with Gasteiger partial charge in [-0.25, -0.2) is 0 Å². The number of likely N-dealkylation sites (tertiary alicyclic amines) is 1. The van der Waals surface area contributed by atoms with Gasteiger partial charge >= 0.3 is 0 Å². The van der Waals surface area contributed by atoms with E-state index in [4.69, 9.17) is 9.47 Å². The largest absolute Gasteiger partial charge is 0.507 e. The van der Waals surface area contributed by atoms with Gasteiger partial charge in [0.25, 0.3) is 11.7 Å². The number of aromatic hydroxyl groups is 1. The van der Waals surface area contributed by atoms with Crippen LogP contribution in [0.3, 0.4) is 0 Å². The monoisotopic (exact) mass is 411 g/mol. The number of aliphatic hydroxyl groups is 1. The molecule has 3 rings (SSSR count). The maximum atomic E-state index is 12.9. The first-order valence-corrected chi connectivity index (χ1v) is 9.60. The number of methoxy groups -OCH3 is 2. The molecule has 0 spiro atoms. The molecular formula is C23H25NO6. The van der Waals surface area contributed by atoms with E-state index in [-0.39, 0.29) is 29.4 Å². The van der Waals surface area contributed by atoms with Crippen molar-refractivity contribution >= 4 is 17.4 Å². The number of nitrogens with zero attached hydrogens (tertiary/aromatic N) is 1. The molecule has 0 radical (unpaired) electrons. The third-order valence-corrected chi connectivity index (χ3v) is 5.13. The lowest BCUT2D eigenvalue weighted by atomic mass is 9.94. The van der Waals surface area contributed by atoms with Gasteiger partial charge < -0.3 is 24.6 Å². The summed E-state index contributed by atoms with van der Waals surface area (Å²) in [7, 11) is 2.98. The minimum absolute atomic E-state index is 0.00835. The Morgan fingerprint density at radius 2 is 1.80 bits per heavy atom. The Kier molecular flexibility index (Phi) is 6.42. The SMILES string of the molecule is COCCCN1C(=O)C(=O)/C(=C(/O)c2ccc(C)cc2)C1c1ccc(O)c(OC)c1. The van der Waals surface area contributed by atoms with Gasteiger partial charge in [0, 0.05) is 25.8 Å². The lowest BCUT2D eigenvalue weighted by Gasteiger charge is -2.25. The number of hydrogen-bond acceptors (Lipinski definition) is 6. The normalized spacial score (nSPS) is 18.1. The van der Waals surface area contributed by atoms with E-state index in [9.17, 15) is 19.8 Å². The lowest BCUT2D eigenvalue weighted by Crippen LogP contribution is -2.31. The fourth-order valence-electron chi connectivity index (χ4n) is 3.57. The zero-order valence-corrected chi connectivity index (χ0v) is 17.2. The van der Waals surface area contributed by atoms with Gasteiger partial charge in [-0.1, -0.05) is 35.9 Å². The topological polar surface area (TPSA) is 96.3 Å². The Labute approximate surface area is 175 Å². The van der Waals surface area contributed by atoms with E-state index >= 15 is 0 Å². The van der Waals surface area contributed by atoms with Gasteiger partial charge in [-0.05, 0) is 31.0 Å². The van der Waals surface area contributed by atoms with E-state index in [0.29, 0.717) is 24.2 Å². The molecule has 30 heavy (non-hydrogen) atoms. The van der Waals surface area contributed by atoms with Crippen molar-refractivity contribution < 1.29 is 29.3 Å². The Morgan fingerprint density at radius 3 is 2.43 bits per heavy atom. The van der Waals surface area contributed by atoms with Crippen LogP contribution in [0.5, 0.6) is 11.5 Å². The number of rotatable bonds is 7. The number of ether oxygens (including phenoxy) is 2. The number of ketones is 1. The molecule has 1 heterocycles. The third-order valence-electron chi connectivity index (χ3n) is 5.13. The predicted octanol–water partition coefficient (Wildman–Crippen LogP) is 3.17. The molecule has 1 aliphatic heterocycles. The average molecular weight is 411 g/mol. The summed E-state index contributed by atoms with van der Waals surface area (Å²) in [4.78, 5) is 27.2. The van der Waals surface area contributed by atoms with Crippen molar-refractivity contribution in [2.24, 2.45) is 0 Å². The van der Waals surface area contributed by atoms with Crippen molar-refractivity contribution in [1.82, 2.24) is 4.90 Å². The first-order valence-electron chi connectivity index (χ1n) is 9.60. The van der Waals surface area contributed by atoms with Crippen molar-refractivity contribution in [1.29, 1.82) is 0 Å². The summed E-state index contributed by atoms with van der Waals surface area (Å²) in [5.41, 5.74) is 2.02. The van der Waals surface area contributed by atoms with Gasteiger partial charge in [-0.15, -0.1) is 0 Å². The van der Waals surface area contributed by atoms with E-state index in [0.717, 1.165) is 5.56 Å². The fourth-order valence-corrected chi connectivity index (χ4v) is 3.57. The summed E-state index contributed by atoms with van der Waals surface area (Å²) in [6.45, 7) is 2.62. The highest BCUT2D eigenvalue weighted by atomic mass is 16.5. The number of aliphatic hydroxyl groups excluding tert-OH is 1. The number of phenolic OH excluding ortho intramolecular Hbond substituents is 1. The molecule has 1 fully saturated rings. The van der Waals surface area contributed by atoms with Crippen LogP contribution >= 0.6 is 0 Å². The summed E-state index contributed by atoms with van der Waals surface area (Å²) in [5, 5.41) is 20.9. The van der Waals surface area contributed by atoms with Gasteiger partial charge in [0.2, 0.25) is 0 Å². The second-order valence-corrected chi connectivity index (χ2v) is 7.14. The number of hydrogen-bond donors (Lipinski definition) is 2. The molecule has 0 bridgehead atoms. The van der Waals surface area contributed by atoms with Crippen LogP contribution in [0.15, 0.2) is 48.0 Å².